The maximum atomic E-state index is 13.0. The van der Waals surface area contributed by atoms with Crippen LogP contribution in [0.1, 0.15) is 13.3 Å². The minimum atomic E-state index is -3.68. The number of methoxy groups -OCH3 is 2. The third-order valence-electron chi connectivity index (χ3n) is 4.00. The van der Waals surface area contributed by atoms with Crippen LogP contribution in [0.15, 0.2) is 48.5 Å². The molecule has 1 atom stereocenters. The van der Waals surface area contributed by atoms with E-state index in [2.05, 4.69) is 5.32 Å². The maximum absolute atomic E-state index is 13.0. The summed E-state index contributed by atoms with van der Waals surface area (Å²) in [7, 11) is -0.674. The second kappa shape index (κ2) is 8.77. The number of ether oxygens (including phenoxy) is 2. The number of hydrogen-bond donors (Lipinski definition) is 1. The smallest absolute Gasteiger partial charge is 0.248 e. The lowest BCUT2D eigenvalue weighted by Crippen LogP contribution is -2.47. The molecule has 7 nitrogen and oxygen atoms in total. The molecule has 0 saturated carbocycles. The van der Waals surface area contributed by atoms with E-state index in [1.807, 2.05) is 0 Å². The first-order chi connectivity index (χ1) is 12.8. The Bertz CT molecular complexity index is 884. The van der Waals surface area contributed by atoms with Gasteiger partial charge in [0.15, 0.2) is 0 Å². The van der Waals surface area contributed by atoms with Gasteiger partial charge in [0, 0.05) is 6.07 Å². The molecule has 8 heteroatoms. The van der Waals surface area contributed by atoms with Crippen LogP contribution in [0.25, 0.3) is 0 Å². The highest BCUT2D eigenvalue weighted by atomic mass is 32.2. The number of carbonyl (C=O) groups excluding carboxylic acids is 1. The van der Waals surface area contributed by atoms with Gasteiger partial charge in [-0.25, -0.2) is 8.42 Å². The lowest BCUT2D eigenvalue weighted by Gasteiger charge is -2.30. The predicted octanol–water partition coefficient (Wildman–Crippen LogP) is 2.89. The molecule has 0 aliphatic rings. The number of carbonyl (C=O) groups is 1. The molecule has 0 spiro atoms. The number of anilines is 2. The molecule has 2 aromatic carbocycles. The summed E-state index contributed by atoms with van der Waals surface area (Å²) in [6.07, 6.45) is 1.38. The number of nitrogens with one attached hydrogen (secondary N) is 1. The number of rotatable bonds is 8. The van der Waals surface area contributed by atoms with Crippen LogP contribution < -0.4 is 19.1 Å². The Morgan fingerprint density at radius 2 is 1.78 bits per heavy atom. The highest BCUT2D eigenvalue weighted by Gasteiger charge is 2.31. The molecular formula is C19H24N2O5S. The molecule has 27 heavy (non-hydrogen) atoms. The van der Waals surface area contributed by atoms with E-state index < -0.39 is 22.0 Å². The summed E-state index contributed by atoms with van der Waals surface area (Å²) in [6.45, 7) is 1.76. The lowest BCUT2D eigenvalue weighted by atomic mass is 10.1. The van der Waals surface area contributed by atoms with E-state index in [0.29, 0.717) is 29.3 Å². The summed E-state index contributed by atoms with van der Waals surface area (Å²) in [5.41, 5.74) is 0.835. The van der Waals surface area contributed by atoms with Gasteiger partial charge < -0.3 is 14.8 Å². The third-order valence-corrected chi connectivity index (χ3v) is 5.18. The molecule has 1 N–H and O–H groups in total. The molecule has 0 aliphatic carbocycles. The number of sulfonamides is 1. The zero-order chi connectivity index (χ0) is 20.0. The van der Waals surface area contributed by atoms with Crippen LogP contribution in [-0.4, -0.2) is 40.8 Å². The van der Waals surface area contributed by atoms with Gasteiger partial charge in [-0.1, -0.05) is 25.1 Å². The van der Waals surface area contributed by atoms with Gasteiger partial charge in [-0.3, -0.25) is 9.10 Å². The van der Waals surface area contributed by atoms with Crippen molar-refractivity contribution in [2.24, 2.45) is 0 Å². The Morgan fingerprint density at radius 1 is 1.11 bits per heavy atom. The van der Waals surface area contributed by atoms with Crippen molar-refractivity contribution < 1.29 is 22.7 Å². The number of benzene rings is 2. The van der Waals surface area contributed by atoms with Crippen molar-refractivity contribution in [1.29, 1.82) is 0 Å². The van der Waals surface area contributed by atoms with Crippen LogP contribution >= 0.6 is 0 Å². The molecule has 2 rings (SSSR count). The van der Waals surface area contributed by atoms with E-state index in [1.54, 1.807) is 55.5 Å². The van der Waals surface area contributed by atoms with E-state index >= 15 is 0 Å². The van der Waals surface area contributed by atoms with E-state index in [4.69, 9.17) is 9.47 Å². The van der Waals surface area contributed by atoms with Crippen molar-refractivity contribution in [2.45, 2.75) is 19.4 Å². The average molecular weight is 392 g/mol. The van der Waals surface area contributed by atoms with E-state index in [-0.39, 0.29) is 0 Å². The molecule has 146 valence electrons. The number of amides is 1. The molecule has 0 aromatic heterocycles. The fourth-order valence-electron chi connectivity index (χ4n) is 2.76. The summed E-state index contributed by atoms with van der Waals surface area (Å²) < 4.78 is 36.4. The van der Waals surface area contributed by atoms with E-state index in [9.17, 15) is 13.2 Å². The third kappa shape index (κ3) is 4.91. The number of para-hydroxylation sites is 1. The monoisotopic (exact) mass is 392 g/mol. The Hall–Kier alpha value is -2.74. The highest BCUT2D eigenvalue weighted by molar-refractivity contribution is 7.92. The number of nitrogens with zero attached hydrogens (tertiary/aromatic N) is 1. The van der Waals surface area contributed by atoms with Gasteiger partial charge in [-0.05, 0) is 30.7 Å². The first kappa shape index (κ1) is 20.6. The Balaban J connectivity index is 2.39. The quantitative estimate of drug-likeness (QED) is 0.747. The van der Waals surface area contributed by atoms with E-state index in [1.165, 1.54) is 14.2 Å². The molecule has 0 unspecified atom stereocenters. The summed E-state index contributed by atoms with van der Waals surface area (Å²) in [6, 6.07) is 12.6. The maximum Gasteiger partial charge on any atom is 0.248 e. The van der Waals surface area contributed by atoms with Gasteiger partial charge in [-0.15, -0.1) is 0 Å². The van der Waals surface area contributed by atoms with Gasteiger partial charge in [0.1, 0.15) is 17.5 Å². The topological polar surface area (TPSA) is 84.9 Å². The van der Waals surface area contributed by atoms with Crippen molar-refractivity contribution in [1.82, 2.24) is 0 Å². The molecule has 0 heterocycles. The van der Waals surface area contributed by atoms with Crippen LogP contribution in [0.5, 0.6) is 11.5 Å². The molecular weight excluding hydrogens is 368 g/mol. The first-order valence-electron chi connectivity index (χ1n) is 8.39. The van der Waals surface area contributed by atoms with Crippen molar-refractivity contribution >= 4 is 27.3 Å². The van der Waals surface area contributed by atoms with Crippen LogP contribution in [0.2, 0.25) is 0 Å². The largest absolute Gasteiger partial charge is 0.497 e. The van der Waals surface area contributed by atoms with Crippen LogP contribution in [0, 0.1) is 0 Å². The minimum absolute atomic E-state index is 0.292. The molecule has 0 saturated heterocycles. The van der Waals surface area contributed by atoms with Crippen LogP contribution in [0.4, 0.5) is 11.4 Å². The van der Waals surface area contributed by atoms with Gasteiger partial charge >= 0.3 is 0 Å². The van der Waals surface area contributed by atoms with Crippen molar-refractivity contribution in [3.8, 4) is 11.5 Å². The summed E-state index contributed by atoms with van der Waals surface area (Å²) in [4.78, 5) is 13.0. The molecule has 0 aliphatic heterocycles. The molecule has 0 radical (unpaired) electrons. The zero-order valence-electron chi connectivity index (χ0n) is 15.8. The van der Waals surface area contributed by atoms with Gasteiger partial charge in [0.25, 0.3) is 0 Å². The van der Waals surface area contributed by atoms with Gasteiger partial charge in [0.2, 0.25) is 15.9 Å². The summed E-state index contributed by atoms with van der Waals surface area (Å²) >= 11 is 0. The standard InChI is InChI=1S/C19H24N2O5S/c1-5-17(21(27(4,23)24)14-9-7-6-8-10-14)19(22)20-16-13-15(25-2)11-12-18(16)26-3/h6-13,17H,5H2,1-4H3,(H,20,22)/t17-/m1/s1. The van der Waals surface area contributed by atoms with Gasteiger partial charge in [-0.2, -0.15) is 0 Å². The van der Waals surface area contributed by atoms with Crippen molar-refractivity contribution in [3.05, 3.63) is 48.5 Å². The second-order valence-corrected chi connectivity index (χ2v) is 7.73. The fraction of sp³-hybridized carbons (Fsp3) is 0.316. The molecule has 1 amide bonds. The lowest BCUT2D eigenvalue weighted by molar-refractivity contribution is -0.117. The predicted molar refractivity (Wildman–Crippen MR) is 106 cm³/mol. The first-order valence-corrected chi connectivity index (χ1v) is 10.2. The van der Waals surface area contributed by atoms with E-state index in [0.717, 1.165) is 10.6 Å². The Labute approximate surface area is 160 Å². The Kier molecular flexibility index (Phi) is 6.68. The second-order valence-electron chi connectivity index (χ2n) is 5.87. The molecule has 2 aromatic rings. The van der Waals surface area contributed by atoms with Crippen molar-refractivity contribution in [2.75, 3.05) is 30.1 Å². The number of hydrogen-bond acceptors (Lipinski definition) is 5. The summed E-state index contributed by atoms with van der Waals surface area (Å²) in [5, 5.41) is 2.76. The summed E-state index contributed by atoms with van der Waals surface area (Å²) in [5.74, 6) is 0.533. The Morgan fingerprint density at radius 3 is 2.30 bits per heavy atom. The normalized spacial score (nSPS) is 12.1. The van der Waals surface area contributed by atoms with Crippen LogP contribution in [0.3, 0.4) is 0 Å². The SMILES string of the molecule is CC[C@H](C(=O)Nc1cc(OC)ccc1OC)N(c1ccccc1)S(C)(=O)=O. The van der Waals surface area contributed by atoms with Crippen LogP contribution in [-0.2, 0) is 14.8 Å². The minimum Gasteiger partial charge on any atom is -0.497 e. The van der Waals surface area contributed by atoms with Crippen molar-refractivity contribution in [3.63, 3.8) is 0 Å². The molecule has 0 bridgehead atoms. The average Bonchev–Trinajstić information content (AvgIpc) is 2.65. The fourth-order valence-corrected chi connectivity index (χ4v) is 3.97. The zero-order valence-corrected chi connectivity index (χ0v) is 16.6. The van der Waals surface area contributed by atoms with Gasteiger partial charge in [0.05, 0.1) is 31.9 Å². The highest BCUT2D eigenvalue weighted by Crippen LogP contribution is 2.30. The molecule has 0 fully saturated rings.